The molecule has 0 amide bonds. The minimum Gasteiger partial charge on any atom is -0.426 e. The molecule has 1 atom stereocenters. The molecule has 1 aromatic heterocycles. The summed E-state index contributed by atoms with van der Waals surface area (Å²) in [6.07, 6.45) is 5.20. The number of thiazole rings is 1. The zero-order valence-corrected chi connectivity index (χ0v) is 14.1. The number of hydrogen-bond donors (Lipinski definition) is 0. The van der Waals surface area contributed by atoms with Crippen LogP contribution in [0.25, 0.3) is 20.8 Å². The normalized spacial score (nSPS) is 12.0. The fraction of sp³-hybridized carbons (Fsp3) is 0.118. The quantitative estimate of drug-likeness (QED) is 0.473. The van der Waals surface area contributed by atoms with E-state index in [2.05, 4.69) is 17.0 Å². The van der Waals surface area contributed by atoms with Crippen molar-refractivity contribution in [3.8, 4) is 28.7 Å². The molecule has 1 heterocycles. The summed E-state index contributed by atoms with van der Waals surface area (Å²) in [6, 6.07) is 15.7. The summed E-state index contributed by atoms with van der Waals surface area (Å²) in [4.78, 5) is 4.67. The Bertz CT molecular complexity index is 810. The summed E-state index contributed by atoms with van der Waals surface area (Å²) >= 11 is 1.62. The molecule has 0 saturated carbocycles. The standard InChI is InChI=1S/C17H14NO3PS/c1-3-12-20-22(19-2)21-15-10-6-4-8-13(15)17-18-14-9-5-7-11-16(14)23-17/h1,4-11H,12H2,2H3. The van der Waals surface area contributed by atoms with Gasteiger partial charge in [0.25, 0.3) is 0 Å². The number of terminal acetylenes is 1. The lowest BCUT2D eigenvalue weighted by atomic mass is 10.2. The van der Waals surface area contributed by atoms with Crippen molar-refractivity contribution in [2.24, 2.45) is 0 Å². The molecule has 6 heteroatoms. The van der Waals surface area contributed by atoms with Crippen LogP contribution in [0.1, 0.15) is 0 Å². The Labute approximate surface area is 140 Å². The maximum Gasteiger partial charge on any atom is 0.397 e. The predicted octanol–water partition coefficient (Wildman–Crippen LogP) is 4.87. The van der Waals surface area contributed by atoms with E-state index in [1.165, 1.54) is 7.11 Å². The van der Waals surface area contributed by atoms with Crippen LogP contribution in [0.5, 0.6) is 5.75 Å². The predicted molar refractivity (Wildman–Crippen MR) is 94.4 cm³/mol. The van der Waals surface area contributed by atoms with Crippen LogP contribution in [-0.2, 0) is 9.05 Å². The molecule has 3 rings (SSSR count). The maximum absolute atomic E-state index is 5.84. The van der Waals surface area contributed by atoms with Gasteiger partial charge in [0.05, 0.1) is 15.8 Å². The van der Waals surface area contributed by atoms with Crippen molar-refractivity contribution in [2.75, 3.05) is 13.7 Å². The molecule has 0 radical (unpaired) electrons. The van der Waals surface area contributed by atoms with E-state index in [1.54, 1.807) is 11.3 Å². The van der Waals surface area contributed by atoms with Crippen molar-refractivity contribution in [2.45, 2.75) is 0 Å². The summed E-state index contributed by atoms with van der Waals surface area (Å²) in [6.45, 7) is 0.142. The monoisotopic (exact) mass is 343 g/mol. The van der Waals surface area contributed by atoms with E-state index in [0.717, 1.165) is 20.8 Å². The molecular formula is C17H14NO3PS. The van der Waals surface area contributed by atoms with Gasteiger partial charge in [-0.2, -0.15) is 0 Å². The first-order chi connectivity index (χ1) is 11.3. The van der Waals surface area contributed by atoms with Crippen molar-refractivity contribution >= 4 is 30.2 Å². The van der Waals surface area contributed by atoms with Gasteiger partial charge in [-0.05, 0) is 24.3 Å². The van der Waals surface area contributed by atoms with Crippen LogP contribution in [0.4, 0.5) is 0 Å². The van der Waals surface area contributed by atoms with E-state index < -0.39 is 8.60 Å². The molecule has 2 aromatic carbocycles. The zero-order chi connectivity index (χ0) is 16.1. The van der Waals surface area contributed by atoms with E-state index >= 15 is 0 Å². The number of aromatic nitrogens is 1. The van der Waals surface area contributed by atoms with Gasteiger partial charge in [0.1, 0.15) is 17.4 Å². The van der Waals surface area contributed by atoms with Gasteiger partial charge in [-0.1, -0.05) is 30.2 Å². The molecule has 4 nitrogen and oxygen atoms in total. The van der Waals surface area contributed by atoms with E-state index in [-0.39, 0.29) is 6.61 Å². The second-order valence-electron chi connectivity index (χ2n) is 4.46. The lowest BCUT2D eigenvalue weighted by Crippen LogP contribution is -1.96. The topological polar surface area (TPSA) is 40.6 Å². The minimum absolute atomic E-state index is 0.142. The molecular weight excluding hydrogens is 329 g/mol. The van der Waals surface area contributed by atoms with Gasteiger partial charge < -0.3 is 9.05 Å². The van der Waals surface area contributed by atoms with Crippen LogP contribution in [-0.4, -0.2) is 18.7 Å². The zero-order valence-electron chi connectivity index (χ0n) is 12.4. The number of fused-ring (bicyclic) bond motifs is 1. The molecule has 116 valence electrons. The number of rotatable bonds is 6. The van der Waals surface area contributed by atoms with Gasteiger partial charge in [0, 0.05) is 7.11 Å². The van der Waals surface area contributed by atoms with E-state index in [9.17, 15) is 0 Å². The molecule has 3 aromatic rings. The first-order valence-corrected chi connectivity index (χ1v) is 8.76. The molecule has 23 heavy (non-hydrogen) atoms. The fourth-order valence-electron chi connectivity index (χ4n) is 2.00. The van der Waals surface area contributed by atoms with Crippen molar-refractivity contribution in [1.82, 2.24) is 4.98 Å². The Balaban J connectivity index is 1.92. The third-order valence-corrected chi connectivity index (χ3v) is 5.04. The third-order valence-electron chi connectivity index (χ3n) is 2.99. The first kappa shape index (κ1) is 15.9. The highest BCUT2D eigenvalue weighted by molar-refractivity contribution is 7.42. The Kier molecular flexibility index (Phi) is 5.22. The van der Waals surface area contributed by atoms with Crippen LogP contribution in [0, 0.1) is 12.3 Å². The smallest absolute Gasteiger partial charge is 0.397 e. The molecule has 0 aliphatic heterocycles. The molecule has 0 fully saturated rings. The van der Waals surface area contributed by atoms with Crippen LogP contribution in [0.2, 0.25) is 0 Å². The summed E-state index contributed by atoms with van der Waals surface area (Å²) in [5, 5.41) is 0.893. The molecule has 0 spiro atoms. The summed E-state index contributed by atoms with van der Waals surface area (Å²) in [5.41, 5.74) is 1.88. The highest BCUT2D eigenvalue weighted by Gasteiger charge is 2.17. The second kappa shape index (κ2) is 7.54. The van der Waals surface area contributed by atoms with Crippen LogP contribution < -0.4 is 4.52 Å². The Morgan fingerprint density at radius 1 is 1.17 bits per heavy atom. The third kappa shape index (κ3) is 3.69. The molecule has 0 saturated heterocycles. The largest absolute Gasteiger partial charge is 0.426 e. The maximum atomic E-state index is 5.84. The summed E-state index contributed by atoms with van der Waals surface area (Å²) in [7, 11) is -0.00628. The number of benzene rings is 2. The highest BCUT2D eigenvalue weighted by Crippen LogP contribution is 2.44. The van der Waals surface area contributed by atoms with Crippen molar-refractivity contribution in [3.63, 3.8) is 0 Å². The van der Waals surface area contributed by atoms with Crippen molar-refractivity contribution in [1.29, 1.82) is 0 Å². The average Bonchev–Trinajstić information content (AvgIpc) is 3.02. The van der Waals surface area contributed by atoms with Crippen LogP contribution in [0.15, 0.2) is 48.5 Å². The van der Waals surface area contributed by atoms with Gasteiger partial charge in [0.2, 0.25) is 0 Å². The SMILES string of the molecule is C#CCOP(OC)Oc1ccccc1-c1nc2ccccc2s1. The number of nitrogens with zero attached hydrogens (tertiary/aromatic N) is 1. The van der Waals surface area contributed by atoms with Gasteiger partial charge in [0.15, 0.2) is 0 Å². The second-order valence-corrected chi connectivity index (χ2v) is 6.74. The minimum atomic E-state index is -1.54. The Morgan fingerprint density at radius 2 is 1.96 bits per heavy atom. The van der Waals surface area contributed by atoms with E-state index in [4.69, 9.17) is 20.0 Å². The molecule has 0 aliphatic rings. The average molecular weight is 343 g/mol. The number of hydrogen-bond acceptors (Lipinski definition) is 5. The van der Waals surface area contributed by atoms with Crippen LogP contribution in [0.3, 0.4) is 0 Å². The lowest BCUT2D eigenvalue weighted by Gasteiger charge is -2.15. The molecule has 1 unspecified atom stereocenters. The highest BCUT2D eigenvalue weighted by atomic mass is 32.1. The van der Waals surface area contributed by atoms with Gasteiger partial charge in [-0.3, -0.25) is 4.52 Å². The summed E-state index contributed by atoms with van der Waals surface area (Å²) < 4.78 is 17.5. The fourth-order valence-corrected chi connectivity index (χ4v) is 3.73. The number of para-hydroxylation sites is 2. The Hall–Kier alpha value is -1.96. The van der Waals surface area contributed by atoms with Crippen LogP contribution >= 0.6 is 19.9 Å². The van der Waals surface area contributed by atoms with E-state index in [1.807, 2.05) is 42.5 Å². The van der Waals surface area contributed by atoms with Gasteiger partial charge in [-0.15, -0.1) is 17.8 Å². The first-order valence-electron chi connectivity index (χ1n) is 6.85. The lowest BCUT2D eigenvalue weighted by molar-refractivity contribution is 0.259. The Morgan fingerprint density at radius 3 is 2.74 bits per heavy atom. The van der Waals surface area contributed by atoms with E-state index in [0.29, 0.717) is 5.75 Å². The molecule has 0 bridgehead atoms. The molecule has 0 aliphatic carbocycles. The van der Waals surface area contributed by atoms with Gasteiger partial charge in [-0.25, -0.2) is 4.98 Å². The van der Waals surface area contributed by atoms with Crippen molar-refractivity contribution < 1.29 is 13.6 Å². The van der Waals surface area contributed by atoms with Crippen molar-refractivity contribution in [3.05, 3.63) is 48.5 Å². The molecule has 0 N–H and O–H groups in total. The summed E-state index contributed by atoms with van der Waals surface area (Å²) in [5.74, 6) is 3.07. The van der Waals surface area contributed by atoms with Gasteiger partial charge >= 0.3 is 8.60 Å².